The number of hydrogen-bond donors (Lipinski definition) is 1. The lowest BCUT2D eigenvalue weighted by Gasteiger charge is -2.33. The predicted molar refractivity (Wildman–Crippen MR) is 117 cm³/mol. The molecule has 0 spiro atoms. The fourth-order valence-corrected chi connectivity index (χ4v) is 4.07. The van der Waals surface area contributed by atoms with Crippen LogP contribution in [0.1, 0.15) is 5.82 Å². The van der Waals surface area contributed by atoms with Crippen LogP contribution < -0.4 is 0 Å². The number of morpholine rings is 1. The Balaban J connectivity index is 1.29. The third kappa shape index (κ3) is 4.95. The van der Waals surface area contributed by atoms with E-state index in [-0.39, 0.29) is 17.6 Å². The number of carbonyl (C=O) groups is 1. The molecule has 3 aromatic rings. The molecule has 2 aliphatic heterocycles. The predicted octanol–water partition coefficient (Wildman–Crippen LogP) is 2.67. The minimum atomic E-state index is -0.503. The van der Waals surface area contributed by atoms with E-state index < -0.39 is 6.29 Å². The van der Waals surface area contributed by atoms with E-state index in [1.807, 2.05) is 17.0 Å². The summed E-state index contributed by atoms with van der Waals surface area (Å²) < 4.78 is 30.5. The molecule has 0 bridgehead atoms. The Hall–Kier alpha value is -3.14. The molecular formula is C24H25FN4O4. The number of imidazole rings is 1. The smallest absolute Gasteiger partial charge is 0.230 e. The number of benzene rings is 1. The largest absolute Gasteiger partial charge is 0.378 e. The van der Waals surface area contributed by atoms with Gasteiger partial charge in [-0.15, -0.1) is 0 Å². The van der Waals surface area contributed by atoms with Crippen LogP contribution in [0.2, 0.25) is 0 Å². The summed E-state index contributed by atoms with van der Waals surface area (Å²) in [7, 11) is 0. The Morgan fingerprint density at radius 1 is 1.03 bits per heavy atom. The number of hydrogen-bond acceptors (Lipinski definition) is 6. The monoisotopic (exact) mass is 452 g/mol. The van der Waals surface area contributed by atoms with Crippen molar-refractivity contribution in [2.75, 3.05) is 39.5 Å². The molecule has 2 saturated heterocycles. The van der Waals surface area contributed by atoms with Gasteiger partial charge < -0.3 is 24.1 Å². The molecule has 0 saturated carbocycles. The van der Waals surface area contributed by atoms with Crippen molar-refractivity contribution in [3.05, 3.63) is 60.4 Å². The van der Waals surface area contributed by atoms with Crippen molar-refractivity contribution >= 4 is 5.91 Å². The molecule has 1 N–H and O–H groups in total. The Kier molecular flexibility index (Phi) is 6.43. The van der Waals surface area contributed by atoms with Crippen LogP contribution in [0.3, 0.4) is 0 Å². The van der Waals surface area contributed by atoms with E-state index in [0.29, 0.717) is 57.5 Å². The summed E-state index contributed by atoms with van der Waals surface area (Å²) >= 11 is 0. The van der Waals surface area contributed by atoms with Crippen LogP contribution in [0, 0.1) is 11.7 Å². The van der Waals surface area contributed by atoms with E-state index in [1.165, 1.54) is 12.1 Å². The second-order valence-electron chi connectivity index (χ2n) is 8.08. The van der Waals surface area contributed by atoms with Crippen LogP contribution in [0.15, 0.2) is 48.8 Å². The lowest BCUT2D eigenvalue weighted by molar-refractivity contribution is -0.205. The van der Waals surface area contributed by atoms with E-state index in [0.717, 1.165) is 16.8 Å². The molecule has 2 fully saturated rings. The molecule has 9 heteroatoms. The Labute approximate surface area is 190 Å². The Morgan fingerprint density at radius 3 is 2.42 bits per heavy atom. The lowest BCUT2D eigenvalue weighted by atomic mass is 10.1. The number of pyridine rings is 1. The van der Waals surface area contributed by atoms with Crippen LogP contribution in [-0.4, -0.2) is 71.6 Å². The molecule has 8 nitrogen and oxygen atoms in total. The zero-order valence-corrected chi connectivity index (χ0v) is 18.1. The van der Waals surface area contributed by atoms with Gasteiger partial charge in [0, 0.05) is 36.6 Å². The molecule has 0 atom stereocenters. The van der Waals surface area contributed by atoms with E-state index in [9.17, 15) is 9.18 Å². The maximum atomic E-state index is 13.4. The van der Waals surface area contributed by atoms with Gasteiger partial charge in [0.25, 0.3) is 0 Å². The average Bonchev–Trinajstić information content (AvgIpc) is 3.29. The van der Waals surface area contributed by atoms with Gasteiger partial charge >= 0.3 is 0 Å². The molecule has 1 aromatic carbocycles. The quantitative estimate of drug-likeness (QED) is 0.640. The maximum Gasteiger partial charge on any atom is 0.230 e. The normalized spacial score (nSPS) is 21.2. The molecule has 5 rings (SSSR count). The van der Waals surface area contributed by atoms with Crippen molar-refractivity contribution in [1.82, 2.24) is 19.9 Å². The highest BCUT2D eigenvalue weighted by atomic mass is 19.1. The molecule has 1 amide bonds. The van der Waals surface area contributed by atoms with Gasteiger partial charge in [0.1, 0.15) is 11.6 Å². The van der Waals surface area contributed by atoms with Crippen LogP contribution in [-0.2, 0) is 25.4 Å². The van der Waals surface area contributed by atoms with Crippen molar-refractivity contribution in [1.29, 1.82) is 0 Å². The minimum absolute atomic E-state index is 0.0494. The number of aromatic amines is 1. The van der Waals surface area contributed by atoms with Crippen molar-refractivity contribution < 1.29 is 23.4 Å². The number of amides is 1. The molecule has 0 unspecified atom stereocenters. The summed E-state index contributed by atoms with van der Waals surface area (Å²) in [4.78, 5) is 26.7. The highest BCUT2D eigenvalue weighted by Crippen LogP contribution is 2.31. The number of nitrogens with zero attached hydrogens (tertiary/aromatic N) is 3. The highest BCUT2D eigenvalue weighted by molar-refractivity contribution is 5.79. The number of aromatic nitrogens is 3. The standard InChI is InChI=1S/C24H25FN4O4/c25-19-3-1-16(2-4-19)22-23(17-5-7-26-8-6-17)28-20(27-22)13-21-32-14-18(15-33-21)24(30)29-9-11-31-12-10-29/h1-8,18,21H,9-15H2,(H,27,28). The van der Waals surface area contributed by atoms with Gasteiger partial charge in [-0.2, -0.15) is 0 Å². The van der Waals surface area contributed by atoms with E-state index >= 15 is 0 Å². The number of ether oxygens (including phenoxy) is 3. The van der Waals surface area contributed by atoms with Crippen molar-refractivity contribution in [2.45, 2.75) is 12.7 Å². The SMILES string of the molecule is O=C(C1COC(Cc2nc(-c3ccc(F)cc3)c(-c3ccncc3)[nH]2)OC1)N1CCOCC1. The zero-order valence-electron chi connectivity index (χ0n) is 18.1. The van der Waals surface area contributed by atoms with Gasteiger partial charge in [0.2, 0.25) is 5.91 Å². The molecule has 0 aliphatic carbocycles. The summed E-state index contributed by atoms with van der Waals surface area (Å²) in [5.74, 6) is 0.126. The fraction of sp³-hybridized carbons (Fsp3) is 0.375. The van der Waals surface area contributed by atoms with Crippen LogP contribution in [0.25, 0.3) is 22.5 Å². The topological polar surface area (TPSA) is 89.6 Å². The van der Waals surface area contributed by atoms with E-state index in [1.54, 1.807) is 24.5 Å². The molecule has 2 aromatic heterocycles. The molecule has 2 aliphatic rings. The zero-order chi connectivity index (χ0) is 22.6. The Morgan fingerprint density at radius 2 is 1.73 bits per heavy atom. The summed E-state index contributed by atoms with van der Waals surface area (Å²) in [5, 5.41) is 0. The van der Waals surface area contributed by atoms with Crippen LogP contribution in [0.4, 0.5) is 4.39 Å². The Bertz CT molecular complexity index is 1080. The minimum Gasteiger partial charge on any atom is -0.378 e. The summed E-state index contributed by atoms with van der Waals surface area (Å²) in [6, 6.07) is 10.0. The van der Waals surface area contributed by atoms with Gasteiger partial charge in [-0.3, -0.25) is 9.78 Å². The second kappa shape index (κ2) is 9.78. The fourth-order valence-electron chi connectivity index (χ4n) is 4.07. The van der Waals surface area contributed by atoms with Gasteiger partial charge in [-0.05, 0) is 36.4 Å². The number of H-pyrrole nitrogens is 1. The highest BCUT2D eigenvalue weighted by Gasteiger charge is 2.32. The summed E-state index contributed by atoms with van der Waals surface area (Å²) in [5.41, 5.74) is 3.25. The van der Waals surface area contributed by atoms with Gasteiger partial charge in [-0.1, -0.05) is 0 Å². The van der Waals surface area contributed by atoms with Crippen molar-refractivity contribution in [3.8, 4) is 22.5 Å². The first-order valence-electron chi connectivity index (χ1n) is 11.0. The van der Waals surface area contributed by atoms with E-state index in [2.05, 4.69) is 9.97 Å². The third-order valence-electron chi connectivity index (χ3n) is 5.84. The molecular weight excluding hydrogens is 427 g/mol. The summed E-state index contributed by atoms with van der Waals surface area (Å²) in [6.45, 7) is 2.96. The first-order valence-corrected chi connectivity index (χ1v) is 11.0. The van der Waals surface area contributed by atoms with Gasteiger partial charge in [0.05, 0.1) is 50.2 Å². The first kappa shape index (κ1) is 21.7. The number of halogens is 1. The lowest BCUT2D eigenvalue weighted by Crippen LogP contribution is -2.48. The second-order valence-corrected chi connectivity index (χ2v) is 8.08. The van der Waals surface area contributed by atoms with Crippen molar-refractivity contribution in [2.24, 2.45) is 5.92 Å². The van der Waals surface area contributed by atoms with Gasteiger partial charge in [-0.25, -0.2) is 9.37 Å². The number of carbonyl (C=O) groups excluding carboxylic acids is 1. The average molecular weight is 452 g/mol. The summed E-state index contributed by atoms with van der Waals surface area (Å²) in [6.07, 6.45) is 3.32. The van der Waals surface area contributed by atoms with Gasteiger partial charge in [0.15, 0.2) is 6.29 Å². The van der Waals surface area contributed by atoms with Crippen LogP contribution in [0.5, 0.6) is 0 Å². The number of nitrogens with one attached hydrogen (secondary N) is 1. The molecule has 172 valence electrons. The van der Waals surface area contributed by atoms with Crippen LogP contribution >= 0.6 is 0 Å². The first-order chi connectivity index (χ1) is 16.2. The molecule has 33 heavy (non-hydrogen) atoms. The molecule has 4 heterocycles. The van der Waals surface area contributed by atoms with E-state index in [4.69, 9.17) is 19.2 Å². The third-order valence-corrected chi connectivity index (χ3v) is 5.84. The maximum absolute atomic E-state index is 13.4. The van der Waals surface area contributed by atoms with Crippen molar-refractivity contribution in [3.63, 3.8) is 0 Å². The molecule has 0 radical (unpaired) electrons. The number of rotatable bonds is 5.